The van der Waals surface area contributed by atoms with Crippen LogP contribution < -0.4 is 5.32 Å². The van der Waals surface area contributed by atoms with Gasteiger partial charge in [-0.2, -0.15) is 0 Å². The second kappa shape index (κ2) is 6.61. The first kappa shape index (κ1) is 19.1. The van der Waals surface area contributed by atoms with Crippen molar-refractivity contribution in [2.24, 2.45) is 5.41 Å². The zero-order valence-electron chi connectivity index (χ0n) is 15.0. The number of imidazole rings is 1. The molecule has 1 fully saturated rings. The van der Waals surface area contributed by atoms with Crippen molar-refractivity contribution in [2.75, 3.05) is 6.54 Å². The number of aromatic nitrogens is 2. The van der Waals surface area contributed by atoms with Crippen LogP contribution in [0.25, 0.3) is 0 Å². The molecule has 1 aliphatic rings. The van der Waals surface area contributed by atoms with E-state index in [2.05, 4.69) is 10.3 Å². The molecule has 2 N–H and O–H groups in total. The van der Waals surface area contributed by atoms with Crippen LogP contribution in [0.15, 0.2) is 6.33 Å². The summed E-state index contributed by atoms with van der Waals surface area (Å²) in [6.45, 7) is 9.27. The molecule has 2 unspecified atom stereocenters. The first-order valence-corrected chi connectivity index (χ1v) is 8.10. The Hall–Kier alpha value is -2.19. The Bertz CT molecular complexity index is 641. The molecule has 0 saturated carbocycles. The highest BCUT2D eigenvalue weighted by Gasteiger charge is 2.49. The Balaban J connectivity index is 2.26. The summed E-state index contributed by atoms with van der Waals surface area (Å²) in [5, 5.41) is 11.9. The molecule has 1 aliphatic heterocycles. The molecule has 0 spiro atoms. The zero-order valence-corrected chi connectivity index (χ0v) is 15.0. The van der Waals surface area contributed by atoms with E-state index in [-0.39, 0.29) is 18.3 Å². The standard InChI is InChI=1S/C16H24F2N4O3/c1-8(2)22-7-19-10(13(17)18)11(22)14(23)20-9-6-21(15(24)25)12(9)16(3,4)5/h7-9,12-13H,6H2,1-5H3,(H,20,23)(H,24,25). The van der Waals surface area contributed by atoms with Crippen LogP contribution in [0.3, 0.4) is 0 Å². The van der Waals surface area contributed by atoms with Gasteiger partial charge in [-0.15, -0.1) is 0 Å². The van der Waals surface area contributed by atoms with E-state index in [1.807, 2.05) is 20.8 Å². The molecule has 0 aromatic carbocycles. The van der Waals surface area contributed by atoms with Crippen LogP contribution >= 0.6 is 0 Å². The normalized spacial score (nSPS) is 20.8. The minimum atomic E-state index is -2.86. The van der Waals surface area contributed by atoms with E-state index < -0.39 is 41.6 Å². The second-order valence-corrected chi connectivity index (χ2v) is 7.61. The molecule has 2 heterocycles. The summed E-state index contributed by atoms with van der Waals surface area (Å²) in [6.07, 6.45) is -2.70. The third kappa shape index (κ3) is 3.59. The second-order valence-electron chi connectivity index (χ2n) is 7.61. The van der Waals surface area contributed by atoms with Gasteiger partial charge in [0.25, 0.3) is 12.3 Å². The lowest BCUT2D eigenvalue weighted by molar-refractivity contribution is -0.0108. The predicted molar refractivity (Wildman–Crippen MR) is 86.8 cm³/mol. The van der Waals surface area contributed by atoms with Crippen molar-refractivity contribution in [3.63, 3.8) is 0 Å². The van der Waals surface area contributed by atoms with Gasteiger partial charge in [-0.05, 0) is 19.3 Å². The number of hydrogen-bond acceptors (Lipinski definition) is 3. The lowest BCUT2D eigenvalue weighted by Gasteiger charge is -2.52. The van der Waals surface area contributed by atoms with Gasteiger partial charge in [0.15, 0.2) is 0 Å². The van der Waals surface area contributed by atoms with Crippen LogP contribution in [0.4, 0.5) is 13.6 Å². The van der Waals surface area contributed by atoms with Gasteiger partial charge in [0, 0.05) is 12.6 Å². The van der Waals surface area contributed by atoms with Crippen LogP contribution in [0.5, 0.6) is 0 Å². The van der Waals surface area contributed by atoms with Gasteiger partial charge in [-0.25, -0.2) is 18.6 Å². The van der Waals surface area contributed by atoms with Crippen LogP contribution in [-0.2, 0) is 0 Å². The average Bonchev–Trinajstić information content (AvgIpc) is 2.85. The van der Waals surface area contributed by atoms with Crippen molar-refractivity contribution < 1.29 is 23.5 Å². The third-order valence-electron chi connectivity index (χ3n) is 4.36. The topological polar surface area (TPSA) is 87.5 Å². The molecule has 140 valence electrons. The van der Waals surface area contributed by atoms with Crippen molar-refractivity contribution in [1.82, 2.24) is 19.8 Å². The SMILES string of the molecule is CC(C)n1cnc(C(F)F)c1C(=O)NC1CN(C(=O)O)C1C(C)(C)C. The van der Waals surface area contributed by atoms with E-state index >= 15 is 0 Å². The number of carbonyl (C=O) groups excluding carboxylic acids is 1. The number of halogens is 2. The maximum Gasteiger partial charge on any atom is 0.407 e. The minimum Gasteiger partial charge on any atom is -0.465 e. The van der Waals surface area contributed by atoms with Crippen molar-refractivity contribution >= 4 is 12.0 Å². The number of alkyl halides is 2. The Morgan fingerprint density at radius 1 is 1.36 bits per heavy atom. The van der Waals surface area contributed by atoms with Gasteiger partial charge in [-0.1, -0.05) is 20.8 Å². The average molecular weight is 358 g/mol. The fourth-order valence-corrected chi connectivity index (χ4v) is 3.29. The number of amides is 2. The molecule has 9 heteroatoms. The van der Waals surface area contributed by atoms with E-state index in [0.717, 1.165) is 0 Å². The molecule has 2 atom stereocenters. The number of rotatable bonds is 4. The summed E-state index contributed by atoms with van der Waals surface area (Å²) in [7, 11) is 0. The van der Waals surface area contributed by atoms with Gasteiger partial charge in [0.1, 0.15) is 11.4 Å². The Labute approximate surface area is 145 Å². The zero-order chi connectivity index (χ0) is 19.1. The first-order valence-electron chi connectivity index (χ1n) is 8.10. The van der Waals surface area contributed by atoms with Gasteiger partial charge in [-0.3, -0.25) is 4.79 Å². The summed E-state index contributed by atoms with van der Waals surface area (Å²) in [4.78, 5) is 28.8. The molecule has 2 rings (SSSR count). The lowest BCUT2D eigenvalue weighted by atomic mass is 9.76. The van der Waals surface area contributed by atoms with E-state index in [4.69, 9.17) is 0 Å². The van der Waals surface area contributed by atoms with Crippen molar-refractivity contribution in [2.45, 2.75) is 59.2 Å². The third-order valence-corrected chi connectivity index (χ3v) is 4.36. The largest absolute Gasteiger partial charge is 0.465 e. The number of hydrogen-bond donors (Lipinski definition) is 2. The maximum absolute atomic E-state index is 13.2. The highest BCUT2D eigenvalue weighted by atomic mass is 19.3. The van der Waals surface area contributed by atoms with Crippen molar-refractivity contribution in [1.29, 1.82) is 0 Å². The molecule has 0 radical (unpaired) electrons. The summed E-state index contributed by atoms with van der Waals surface area (Å²) in [5.74, 6) is -0.661. The van der Waals surface area contributed by atoms with Crippen molar-refractivity contribution in [3.8, 4) is 0 Å². The molecule has 2 amide bonds. The molecule has 1 aromatic rings. The first-order chi connectivity index (χ1) is 11.4. The van der Waals surface area contributed by atoms with E-state index in [1.54, 1.807) is 13.8 Å². The highest BCUT2D eigenvalue weighted by Crippen LogP contribution is 2.34. The van der Waals surface area contributed by atoms with E-state index in [9.17, 15) is 23.5 Å². The van der Waals surface area contributed by atoms with Crippen LogP contribution in [0.1, 0.15) is 63.3 Å². The number of carboxylic acid groups (broad SMARTS) is 1. The Morgan fingerprint density at radius 3 is 2.40 bits per heavy atom. The number of nitrogens with zero attached hydrogens (tertiary/aromatic N) is 3. The number of carbonyl (C=O) groups is 2. The van der Waals surface area contributed by atoms with Crippen LogP contribution in [0.2, 0.25) is 0 Å². The fourth-order valence-electron chi connectivity index (χ4n) is 3.29. The van der Waals surface area contributed by atoms with Gasteiger partial charge in [0.05, 0.1) is 18.4 Å². The number of likely N-dealkylation sites (tertiary alicyclic amines) is 1. The molecular formula is C16H24F2N4O3. The van der Waals surface area contributed by atoms with Gasteiger partial charge < -0.3 is 19.9 Å². The predicted octanol–water partition coefficient (Wildman–Crippen LogP) is 2.91. The highest BCUT2D eigenvalue weighted by molar-refractivity contribution is 5.94. The summed E-state index contributed by atoms with van der Waals surface area (Å²) in [5.41, 5.74) is -1.14. The molecule has 0 aliphatic carbocycles. The smallest absolute Gasteiger partial charge is 0.407 e. The van der Waals surface area contributed by atoms with Crippen LogP contribution in [0, 0.1) is 5.41 Å². The molecule has 0 bridgehead atoms. The molecular weight excluding hydrogens is 334 g/mol. The monoisotopic (exact) mass is 358 g/mol. The molecule has 7 nitrogen and oxygen atoms in total. The van der Waals surface area contributed by atoms with E-state index in [1.165, 1.54) is 15.8 Å². The molecule has 1 saturated heterocycles. The fraction of sp³-hybridized carbons (Fsp3) is 0.688. The summed E-state index contributed by atoms with van der Waals surface area (Å²) in [6, 6.07) is -1.08. The summed E-state index contributed by atoms with van der Waals surface area (Å²) < 4.78 is 27.8. The van der Waals surface area contributed by atoms with Gasteiger partial charge >= 0.3 is 6.09 Å². The van der Waals surface area contributed by atoms with E-state index in [0.29, 0.717) is 0 Å². The van der Waals surface area contributed by atoms with Crippen molar-refractivity contribution in [3.05, 3.63) is 17.7 Å². The Morgan fingerprint density at radius 2 is 1.96 bits per heavy atom. The molecule has 1 aromatic heterocycles. The molecule has 25 heavy (non-hydrogen) atoms. The lowest BCUT2D eigenvalue weighted by Crippen LogP contribution is -2.71. The number of nitrogens with one attached hydrogen (secondary N) is 1. The minimum absolute atomic E-state index is 0.128. The summed E-state index contributed by atoms with van der Waals surface area (Å²) >= 11 is 0. The van der Waals surface area contributed by atoms with Gasteiger partial charge in [0.2, 0.25) is 0 Å². The maximum atomic E-state index is 13.2. The Kier molecular flexibility index (Phi) is 5.06. The van der Waals surface area contributed by atoms with Crippen LogP contribution in [-0.4, -0.2) is 50.2 Å². The quantitative estimate of drug-likeness (QED) is 0.866.